The van der Waals surface area contributed by atoms with Gasteiger partial charge in [0.15, 0.2) is 0 Å². The van der Waals surface area contributed by atoms with Crippen molar-refractivity contribution in [1.29, 1.82) is 0 Å². The average molecular weight is 393 g/mol. The molecule has 1 amide bonds. The highest BCUT2D eigenvalue weighted by molar-refractivity contribution is 5.87. The van der Waals surface area contributed by atoms with Crippen molar-refractivity contribution in [2.24, 2.45) is 0 Å². The second-order valence-electron chi connectivity index (χ2n) is 8.11. The summed E-state index contributed by atoms with van der Waals surface area (Å²) < 4.78 is 2.36. The molecule has 0 fully saturated rings. The highest BCUT2D eigenvalue weighted by Gasteiger charge is 2.31. The van der Waals surface area contributed by atoms with Crippen LogP contribution in [0.5, 0.6) is 0 Å². The number of likely N-dealkylation sites (N-methyl/N-ethyl adjacent to an activating group) is 1. The number of carbonyl (C=O) groups is 1. The molecule has 1 unspecified atom stereocenters. The lowest BCUT2D eigenvalue weighted by Gasteiger charge is -2.33. The van der Waals surface area contributed by atoms with Crippen LogP contribution in [0.4, 0.5) is 0 Å². The Labute approximate surface area is 171 Å². The Bertz CT molecular complexity index is 994. The van der Waals surface area contributed by atoms with Gasteiger partial charge in [0.05, 0.1) is 6.54 Å². The first-order chi connectivity index (χ1) is 14.1. The van der Waals surface area contributed by atoms with Gasteiger partial charge in [0.2, 0.25) is 6.41 Å². The third-order valence-electron chi connectivity index (χ3n) is 5.72. The molecule has 2 heterocycles. The van der Waals surface area contributed by atoms with Gasteiger partial charge in [-0.1, -0.05) is 42.5 Å². The highest BCUT2D eigenvalue weighted by Crippen LogP contribution is 2.37. The predicted molar refractivity (Wildman–Crippen MR) is 114 cm³/mol. The van der Waals surface area contributed by atoms with Crippen molar-refractivity contribution in [3.63, 3.8) is 0 Å². The Kier molecular flexibility index (Phi) is 5.67. The van der Waals surface area contributed by atoms with E-state index < -0.39 is 0 Å². The van der Waals surface area contributed by atoms with E-state index in [9.17, 15) is 4.79 Å². The van der Waals surface area contributed by atoms with Gasteiger partial charge in [-0.2, -0.15) is 0 Å². The Morgan fingerprint density at radius 2 is 1.86 bits per heavy atom. The fourth-order valence-corrected chi connectivity index (χ4v) is 4.53. The second kappa shape index (κ2) is 8.37. The quantitative estimate of drug-likeness (QED) is 0.480. The van der Waals surface area contributed by atoms with Crippen molar-refractivity contribution in [3.8, 4) is 0 Å². The third-order valence-corrected chi connectivity index (χ3v) is 5.72. The summed E-state index contributed by atoms with van der Waals surface area (Å²) in [6, 6.07) is 16.8. The van der Waals surface area contributed by atoms with Crippen LogP contribution in [0.1, 0.15) is 28.3 Å². The SMILES string of the molecule is CN(C)CC1CN(C=O)Cc2c1c1ccccc1n2Cc1ccc(CNO)cc1. The molecular formula is C23H28N4O2. The van der Waals surface area contributed by atoms with Gasteiger partial charge < -0.3 is 19.6 Å². The zero-order valence-electron chi connectivity index (χ0n) is 17.0. The topological polar surface area (TPSA) is 60.7 Å². The summed E-state index contributed by atoms with van der Waals surface area (Å²) >= 11 is 0. The second-order valence-corrected chi connectivity index (χ2v) is 8.11. The van der Waals surface area contributed by atoms with E-state index in [0.29, 0.717) is 19.0 Å². The number of amides is 1. The Hall–Kier alpha value is -2.67. The third kappa shape index (κ3) is 3.92. The van der Waals surface area contributed by atoms with Gasteiger partial charge in [-0.05, 0) is 36.9 Å². The van der Waals surface area contributed by atoms with Crippen molar-refractivity contribution in [1.82, 2.24) is 19.8 Å². The molecule has 2 aromatic carbocycles. The Morgan fingerprint density at radius 3 is 2.55 bits per heavy atom. The lowest BCUT2D eigenvalue weighted by Crippen LogP contribution is -2.37. The van der Waals surface area contributed by atoms with Gasteiger partial charge in [-0.25, -0.2) is 5.48 Å². The van der Waals surface area contributed by atoms with E-state index in [2.05, 4.69) is 65.4 Å². The monoisotopic (exact) mass is 392 g/mol. The maximum absolute atomic E-state index is 11.7. The number of hydroxylamine groups is 1. The zero-order valence-corrected chi connectivity index (χ0v) is 17.0. The zero-order chi connectivity index (χ0) is 20.4. The molecular weight excluding hydrogens is 364 g/mol. The molecule has 0 radical (unpaired) electrons. The van der Waals surface area contributed by atoms with E-state index >= 15 is 0 Å². The van der Waals surface area contributed by atoms with Gasteiger partial charge in [-0.3, -0.25) is 4.79 Å². The van der Waals surface area contributed by atoms with Crippen molar-refractivity contribution in [2.75, 3.05) is 27.2 Å². The van der Waals surface area contributed by atoms with E-state index in [-0.39, 0.29) is 0 Å². The molecule has 6 heteroatoms. The number of hydrogen-bond acceptors (Lipinski definition) is 4. The van der Waals surface area contributed by atoms with Crippen LogP contribution >= 0.6 is 0 Å². The largest absolute Gasteiger partial charge is 0.339 e. The Balaban J connectivity index is 1.79. The van der Waals surface area contributed by atoms with Crippen molar-refractivity contribution < 1.29 is 10.0 Å². The maximum atomic E-state index is 11.7. The first kappa shape index (κ1) is 19.6. The number of rotatable bonds is 7. The van der Waals surface area contributed by atoms with Gasteiger partial charge in [0.25, 0.3) is 0 Å². The summed E-state index contributed by atoms with van der Waals surface area (Å²) in [6.07, 6.45) is 0.976. The molecule has 152 valence electrons. The molecule has 0 aliphatic carbocycles. The van der Waals surface area contributed by atoms with Gasteiger partial charge in [0.1, 0.15) is 0 Å². The van der Waals surface area contributed by atoms with E-state index in [0.717, 1.165) is 31.6 Å². The molecule has 1 atom stereocenters. The lowest BCUT2D eigenvalue weighted by molar-refractivity contribution is -0.119. The molecule has 0 saturated heterocycles. The number of carbonyl (C=O) groups excluding carboxylic acids is 1. The highest BCUT2D eigenvalue weighted by atomic mass is 16.5. The standard InChI is InChI=1S/C23H28N4O2/c1-25(2)13-19-14-26(16-28)15-22-23(19)20-5-3-4-6-21(20)27(22)12-18-9-7-17(8-10-18)11-24-29/h3-10,16,19,24,29H,11-15H2,1-2H3. The summed E-state index contributed by atoms with van der Waals surface area (Å²) in [5.74, 6) is 0.295. The van der Waals surface area contributed by atoms with E-state index in [1.54, 1.807) is 0 Å². The van der Waals surface area contributed by atoms with Crippen LogP contribution in [0, 0.1) is 0 Å². The van der Waals surface area contributed by atoms with Crippen LogP contribution in [0.15, 0.2) is 48.5 Å². The van der Waals surface area contributed by atoms with E-state index in [1.165, 1.54) is 27.7 Å². The molecule has 4 rings (SSSR count). The van der Waals surface area contributed by atoms with Crippen LogP contribution < -0.4 is 5.48 Å². The average Bonchev–Trinajstić information content (AvgIpc) is 3.03. The summed E-state index contributed by atoms with van der Waals surface area (Å²) in [5.41, 5.74) is 8.27. The fourth-order valence-electron chi connectivity index (χ4n) is 4.53. The van der Waals surface area contributed by atoms with Gasteiger partial charge in [0, 0.05) is 48.7 Å². The minimum absolute atomic E-state index is 0.295. The summed E-state index contributed by atoms with van der Waals surface area (Å²) in [4.78, 5) is 15.7. The Morgan fingerprint density at radius 1 is 1.14 bits per heavy atom. The smallest absolute Gasteiger partial charge is 0.210 e. The van der Waals surface area contributed by atoms with Crippen molar-refractivity contribution in [3.05, 3.63) is 70.9 Å². The first-order valence-corrected chi connectivity index (χ1v) is 9.99. The molecule has 29 heavy (non-hydrogen) atoms. The molecule has 0 saturated carbocycles. The fraction of sp³-hybridized carbons (Fsp3) is 0.348. The number of hydrogen-bond donors (Lipinski definition) is 2. The predicted octanol–water partition coefficient (Wildman–Crippen LogP) is 2.79. The van der Waals surface area contributed by atoms with Crippen LogP contribution in [-0.4, -0.2) is 53.2 Å². The van der Waals surface area contributed by atoms with Crippen LogP contribution in [0.3, 0.4) is 0 Å². The molecule has 6 nitrogen and oxygen atoms in total. The minimum Gasteiger partial charge on any atom is -0.339 e. The van der Waals surface area contributed by atoms with Crippen LogP contribution in [0.25, 0.3) is 10.9 Å². The number of nitrogens with one attached hydrogen (secondary N) is 1. The molecule has 1 aromatic heterocycles. The summed E-state index contributed by atoms with van der Waals surface area (Å²) in [5, 5.41) is 10.2. The number of fused-ring (bicyclic) bond motifs is 3. The molecule has 0 bridgehead atoms. The van der Waals surface area contributed by atoms with E-state index in [4.69, 9.17) is 5.21 Å². The van der Waals surface area contributed by atoms with Gasteiger partial charge in [-0.15, -0.1) is 0 Å². The summed E-state index contributed by atoms with van der Waals surface area (Å²) in [6.45, 7) is 3.50. The number of para-hydroxylation sites is 1. The molecule has 0 spiro atoms. The van der Waals surface area contributed by atoms with Crippen LogP contribution in [-0.2, 0) is 24.4 Å². The molecule has 1 aliphatic rings. The number of aromatic nitrogens is 1. The van der Waals surface area contributed by atoms with E-state index in [1.807, 2.05) is 17.0 Å². The van der Waals surface area contributed by atoms with Crippen LogP contribution in [0.2, 0.25) is 0 Å². The number of benzene rings is 2. The normalized spacial score (nSPS) is 16.4. The number of nitrogens with zero attached hydrogens (tertiary/aromatic N) is 3. The van der Waals surface area contributed by atoms with Crippen molar-refractivity contribution in [2.45, 2.75) is 25.6 Å². The van der Waals surface area contributed by atoms with Gasteiger partial charge >= 0.3 is 0 Å². The first-order valence-electron chi connectivity index (χ1n) is 9.99. The summed E-state index contributed by atoms with van der Waals surface area (Å²) in [7, 11) is 4.17. The maximum Gasteiger partial charge on any atom is 0.210 e. The molecule has 2 N–H and O–H groups in total. The molecule has 1 aliphatic heterocycles. The minimum atomic E-state index is 0.295. The molecule has 3 aromatic rings. The van der Waals surface area contributed by atoms with Crippen molar-refractivity contribution >= 4 is 17.3 Å². The lowest BCUT2D eigenvalue weighted by atomic mass is 9.91.